The summed E-state index contributed by atoms with van der Waals surface area (Å²) in [6.07, 6.45) is 11.1. The van der Waals surface area contributed by atoms with Crippen LogP contribution in [0.2, 0.25) is 0 Å². The summed E-state index contributed by atoms with van der Waals surface area (Å²) in [5.41, 5.74) is 2.75. The van der Waals surface area contributed by atoms with Crippen LogP contribution in [0.15, 0.2) is 35.5 Å². The van der Waals surface area contributed by atoms with Crippen molar-refractivity contribution in [3.8, 4) is 0 Å². The fraction of sp³-hybridized carbons (Fsp3) is 0.793. The maximum atomic E-state index is 10.4. The van der Waals surface area contributed by atoms with Gasteiger partial charge in [-0.2, -0.15) is 0 Å². The third-order valence-corrected chi connectivity index (χ3v) is 9.51. The second-order valence-corrected chi connectivity index (χ2v) is 12.1. The van der Waals surface area contributed by atoms with Gasteiger partial charge in [-0.15, -0.1) is 0 Å². The Labute approximate surface area is 201 Å². The number of fused-ring (bicyclic) bond motifs is 1. The first-order valence-corrected chi connectivity index (χ1v) is 13.1. The van der Waals surface area contributed by atoms with E-state index in [0.29, 0.717) is 30.6 Å². The number of ether oxygens (including phenoxy) is 1. The van der Waals surface area contributed by atoms with Gasteiger partial charge in [-0.25, -0.2) is 0 Å². The second-order valence-electron chi connectivity index (χ2n) is 12.1. The van der Waals surface area contributed by atoms with Gasteiger partial charge >= 0.3 is 0 Å². The molecule has 0 amide bonds. The molecule has 3 aliphatic carbocycles. The number of methoxy groups -OCH3 is 1. The van der Waals surface area contributed by atoms with E-state index in [9.17, 15) is 15.3 Å². The van der Waals surface area contributed by atoms with Crippen LogP contribution in [0.25, 0.3) is 0 Å². The molecule has 0 bridgehead atoms. The molecule has 0 aromatic rings. The molecule has 0 saturated heterocycles. The summed E-state index contributed by atoms with van der Waals surface area (Å²) >= 11 is 0. The lowest BCUT2D eigenvalue weighted by Gasteiger charge is -2.45. The monoisotopic (exact) mass is 460 g/mol. The molecule has 3 saturated carbocycles. The molecule has 188 valence electrons. The van der Waals surface area contributed by atoms with Crippen molar-refractivity contribution in [2.75, 3.05) is 7.11 Å². The Morgan fingerprint density at radius 1 is 1.18 bits per heavy atom. The molecule has 0 unspecified atom stereocenters. The number of aliphatic hydroxyl groups excluding tert-OH is 2. The van der Waals surface area contributed by atoms with Gasteiger partial charge in [0.2, 0.25) is 0 Å². The fourth-order valence-corrected chi connectivity index (χ4v) is 6.98. The lowest BCUT2D eigenvalue weighted by atomic mass is 9.60. The molecular formula is C29H48O4. The topological polar surface area (TPSA) is 69.9 Å². The maximum Gasteiger partial charge on any atom is 0.0811 e. The van der Waals surface area contributed by atoms with E-state index in [1.807, 2.05) is 21.0 Å². The Hall–Kier alpha value is -0.940. The van der Waals surface area contributed by atoms with Crippen molar-refractivity contribution in [1.82, 2.24) is 0 Å². The van der Waals surface area contributed by atoms with Gasteiger partial charge in [0.05, 0.1) is 23.9 Å². The largest absolute Gasteiger partial charge is 0.393 e. The predicted octanol–water partition coefficient (Wildman–Crippen LogP) is 5.58. The standard InChI is InChI=1S/C29H48O4/c1-18(10-11-19(2)28(4,5)32)24-17-26(33-7)27-21(9-8-14-29(24,27)6)12-13-22-15-23(30)16-25(31)20(22)3/h12-13,18-19,23-27,30-32H,3,8-11,14-17H2,1-2,4-7H3/b21-12+,22-13-/t18-,19+,23-,24-,25+,26+,27-,29-/m1/s1. The summed E-state index contributed by atoms with van der Waals surface area (Å²) in [5, 5.41) is 30.7. The SMILES string of the molecule is C=C1/C(=C\C=C2/CCC[C@]3(C)[C@@H]([C@H](C)CC[C@H](C)C(C)(C)O)C[C@H](OC)[C@@H]23)C[C@@H](O)C[C@@H]1O. The second kappa shape index (κ2) is 10.4. The molecule has 3 fully saturated rings. The van der Waals surface area contributed by atoms with Crippen molar-refractivity contribution < 1.29 is 20.1 Å². The van der Waals surface area contributed by atoms with Crippen LogP contribution in [0.4, 0.5) is 0 Å². The molecule has 4 nitrogen and oxygen atoms in total. The molecule has 0 heterocycles. The number of hydrogen-bond donors (Lipinski definition) is 3. The van der Waals surface area contributed by atoms with Crippen molar-refractivity contribution in [2.45, 2.75) is 110 Å². The zero-order valence-electron chi connectivity index (χ0n) is 21.8. The summed E-state index contributed by atoms with van der Waals surface area (Å²) in [6.45, 7) is 14.9. The molecule has 4 heteroatoms. The van der Waals surface area contributed by atoms with E-state index in [2.05, 4.69) is 39.5 Å². The van der Waals surface area contributed by atoms with Gasteiger partial charge in [-0.05, 0) is 86.7 Å². The zero-order chi connectivity index (χ0) is 24.6. The summed E-state index contributed by atoms with van der Waals surface area (Å²) in [6, 6.07) is 0. The van der Waals surface area contributed by atoms with E-state index >= 15 is 0 Å². The number of allylic oxidation sites excluding steroid dienone is 2. The normalized spacial score (nSPS) is 39.7. The van der Waals surface area contributed by atoms with Crippen molar-refractivity contribution in [3.05, 3.63) is 35.5 Å². The van der Waals surface area contributed by atoms with E-state index in [4.69, 9.17) is 4.74 Å². The van der Waals surface area contributed by atoms with Gasteiger partial charge in [-0.1, -0.05) is 51.5 Å². The highest BCUT2D eigenvalue weighted by Crippen LogP contribution is 2.60. The van der Waals surface area contributed by atoms with Crippen LogP contribution < -0.4 is 0 Å². The average Bonchev–Trinajstić information content (AvgIpc) is 3.05. The van der Waals surface area contributed by atoms with E-state index in [-0.39, 0.29) is 17.4 Å². The van der Waals surface area contributed by atoms with Gasteiger partial charge in [0, 0.05) is 19.4 Å². The summed E-state index contributed by atoms with van der Waals surface area (Å²) in [5.74, 6) is 1.87. The molecule has 0 spiro atoms. The number of aliphatic hydroxyl groups is 3. The molecular weight excluding hydrogens is 412 g/mol. The summed E-state index contributed by atoms with van der Waals surface area (Å²) < 4.78 is 6.08. The van der Waals surface area contributed by atoms with Gasteiger partial charge in [0.1, 0.15) is 0 Å². The van der Waals surface area contributed by atoms with Crippen LogP contribution in [-0.4, -0.2) is 46.3 Å². The van der Waals surface area contributed by atoms with E-state index in [0.717, 1.165) is 36.8 Å². The van der Waals surface area contributed by atoms with Crippen LogP contribution in [0, 0.1) is 29.1 Å². The molecule has 3 N–H and O–H groups in total. The Bertz CT molecular complexity index is 760. The third kappa shape index (κ3) is 5.66. The number of rotatable bonds is 7. The Morgan fingerprint density at radius 2 is 1.88 bits per heavy atom. The smallest absolute Gasteiger partial charge is 0.0811 e. The zero-order valence-corrected chi connectivity index (χ0v) is 21.8. The maximum absolute atomic E-state index is 10.4. The van der Waals surface area contributed by atoms with Gasteiger partial charge in [0.25, 0.3) is 0 Å². The highest BCUT2D eigenvalue weighted by molar-refractivity contribution is 5.39. The van der Waals surface area contributed by atoms with Crippen LogP contribution in [0.3, 0.4) is 0 Å². The van der Waals surface area contributed by atoms with Crippen LogP contribution >= 0.6 is 0 Å². The first-order chi connectivity index (χ1) is 15.4. The first-order valence-electron chi connectivity index (χ1n) is 13.1. The minimum atomic E-state index is -0.648. The molecule has 0 aromatic heterocycles. The highest BCUT2D eigenvalue weighted by atomic mass is 16.5. The molecule has 3 aliphatic rings. The predicted molar refractivity (Wildman–Crippen MR) is 135 cm³/mol. The van der Waals surface area contributed by atoms with E-state index < -0.39 is 17.8 Å². The summed E-state index contributed by atoms with van der Waals surface area (Å²) in [4.78, 5) is 0. The van der Waals surface area contributed by atoms with E-state index in [1.165, 1.54) is 18.4 Å². The van der Waals surface area contributed by atoms with Crippen molar-refractivity contribution >= 4 is 0 Å². The van der Waals surface area contributed by atoms with Crippen molar-refractivity contribution in [2.24, 2.45) is 29.1 Å². The van der Waals surface area contributed by atoms with Gasteiger partial charge in [0.15, 0.2) is 0 Å². The molecule has 0 aliphatic heterocycles. The average molecular weight is 461 g/mol. The molecule has 33 heavy (non-hydrogen) atoms. The molecule has 0 aromatic carbocycles. The first kappa shape index (κ1) is 26.7. The van der Waals surface area contributed by atoms with Crippen LogP contribution in [0.1, 0.15) is 86.0 Å². The van der Waals surface area contributed by atoms with E-state index in [1.54, 1.807) is 0 Å². The fourth-order valence-electron chi connectivity index (χ4n) is 6.98. The molecule has 0 radical (unpaired) electrons. The highest BCUT2D eigenvalue weighted by Gasteiger charge is 2.55. The summed E-state index contributed by atoms with van der Waals surface area (Å²) in [7, 11) is 1.86. The van der Waals surface area contributed by atoms with Crippen molar-refractivity contribution in [3.63, 3.8) is 0 Å². The third-order valence-electron chi connectivity index (χ3n) is 9.51. The number of hydrogen-bond acceptors (Lipinski definition) is 4. The van der Waals surface area contributed by atoms with Crippen LogP contribution in [-0.2, 0) is 4.74 Å². The Balaban J connectivity index is 1.81. The minimum Gasteiger partial charge on any atom is -0.393 e. The van der Waals surface area contributed by atoms with Crippen molar-refractivity contribution in [1.29, 1.82) is 0 Å². The lowest BCUT2D eigenvalue weighted by molar-refractivity contribution is 0.0142. The Morgan fingerprint density at radius 3 is 2.52 bits per heavy atom. The van der Waals surface area contributed by atoms with Crippen LogP contribution in [0.5, 0.6) is 0 Å². The quantitative estimate of drug-likeness (QED) is 0.464. The van der Waals surface area contributed by atoms with Gasteiger partial charge < -0.3 is 20.1 Å². The molecule has 3 rings (SSSR count). The molecule has 8 atom stereocenters. The Kier molecular flexibility index (Phi) is 8.37. The lowest BCUT2D eigenvalue weighted by Crippen LogP contribution is -2.38. The van der Waals surface area contributed by atoms with Gasteiger partial charge in [-0.3, -0.25) is 0 Å². The minimum absolute atomic E-state index is 0.212.